The van der Waals surface area contributed by atoms with Gasteiger partial charge in [-0.3, -0.25) is 14.5 Å². The van der Waals surface area contributed by atoms with E-state index in [9.17, 15) is 9.59 Å². The number of thiazole rings is 1. The second kappa shape index (κ2) is 8.59. The standard InChI is InChI=1S/C25H22N2O4S/c1-2-3-6-14-30-17-11-9-16(10-12-17)21-20-22(28)18-7-4-5-8-19(18)31-23(20)24(29)27(21)25-26-13-15-32-25/h4-5,7-13,15,21H,2-3,6,14H2,1H3/t21-/m1/s1. The average molecular weight is 447 g/mol. The van der Waals surface area contributed by atoms with Gasteiger partial charge in [0, 0.05) is 11.6 Å². The molecule has 1 aliphatic heterocycles. The lowest BCUT2D eigenvalue weighted by Gasteiger charge is -2.22. The zero-order valence-corrected chi connectivity index (χ0v) is 18.4. The number of rotatable bonds is 7. The summed E-state index contributed by atoms with van der Waals surface area (Å²) in [5, 5.41) is 2.79. The zero-order valence-electron chi connectivity index (χ0n) is 17.6. The molecule has 0 radical (unpaired) electrons. The Bertz CT molecular complexity index is 1310. The van der Waals surface area contributed by atoms with Crippen LogP contribution < -0.4 is 15.1 Å². The molecule has 0 N–H and O–H groups in total. The molecule has 162 valence electrons. The van der Waals surface area contributed by atoms with Gasteiger partial charge < -0.3 is 9.15 Å². The van der Waals surface area contributed by atoms with Crippen molar-refractivity contribution >= 4 is 33.3 Å². The predicted molar refractivity (Wildman–Crippen MR) is 125 cm³/mol. The maximum Gasteiger partial charge on any atom is 0.297 e. The Labute approximate surface area is 189 Å². The highest BCUT2D eigenvalue weighted by molar-refractivity contribution is 7.13. The summed E-state index contributed by atoms with van der Waals surface area (Å²) in [7, 11) is 0. The van der Waals surface area contributed by atoms with E-state index in [-0.39, 0.29) is 17.1 Å². The lowest BCUT2D eigenvalue weighted by molar-refractivity contribution is 0.0971. The molecule has 1 aliphatic rings. The maximum atomic E-state index is 13.5. The monoisotopic (exact) mass is 446 g/mol. The summed E-state index contributed by atoms with van der Waals surface area (Å²) in [6, 6.07) is 14.0. The molecule has 0 spiro atoms. The fraction of sp³-hybridized carbons (Fsp3) is 0.240. The van der Waals surface area contributed by atoms with Crippen LogP contribution in [0.15, 0.2) is 69.3 Å². The minimum atomic E-state index is -0.612. The number of carbonyl (C=O) groups is 1. The summed E-state index contributed by atoms with van der Waals surface area (Å²) in [4.78, 5) is 32.7. The van der Waals surface area contributed by atoms with Crippen LogP contribution in [-0.4, -0.2) is 17.5 Å². The fourth-order valence-corrected chi connectivity index (χ4v) is 4.72. The van der Waals surface area contributed by atoms with Crippen LogP contribution >= 0.6 is 11.3 Å². The van der Waals surface area contributed by atoms with Crippen molar-refractivity contribution in [3.8, 4) is 5.75 Å². The quantitative estimate of drug-likeness (QED) is 0.347. The molecule has 7 heteroatoms. The van der Waals surface area contributed by atoms with Crippen molar-refractivity contribution in [3.05, 3.63) is 87.2 Å². The Morgan fingerprint density at radius 1 is 1.09 bits per heavy atom. The summed E-state index contributed by atoms with van der Waals surface area (Å²) < 4.78 is 11.8. The molecule has 3 heterocycles. The molecule has 32 heavy (non-hydrogen) atoms. The van der Waals surface area contributed by atoms with Crippen molar-refractivity contribution in [2.24, 2.45) is 0 Å². The third-order valence-corrected chi connectivity index (χ3v) is 6.39. The van der Waals surface area contributed by atoms with E-state index in [2.05, 4.69) is 11.9 Å². The smallest absolute Gasteiger partial charge is 0.297 e. The van der Waals surface area contributed by atoms with E-state index in [1.54, 1.807) is 35.4 Å². The number of hydrogen-bond donors (Lipinski definition) is 0. The zero-order chi connectivity index (χ0) is 22.1. The van der Waals surface area contributed by atoms with Crippen LogP contribution in [0.2, 0.25) is 0 Å². The number of amides is 1. The summed E-state index contributed by atoms with van der Waals surface area (Å²) >= 11 is 1.35. The number of ether oxygens (including phenoxy) is 1. The summed E-state index contributed by atoms with van der Waals surface area (Å²) in [6.45, 7) is 2.82. The summed E-state index contributed by atoms with van der Waals surface area (Å²) in [6.07, 6.45) is 4.92. The van der Waals surface area contributed by atoms with E-state index < -0.39 is 6.04 Å². The molecule has 0 aliphatic carbocycles. The normalized spacial score (nSPS) is 15.3. The highest BCUT2D eigenvalue weighted by Gasteiger charge is 2.44. The first-order valence-corrected chi connectivity index (χ1v) is 11.6. The van der Waals surface area contributed by atoms with Gasteiger partial charge in [-0.15, -0.1) is 11.3 Å². The van der Waals surface area contributed by atoms with Crippen molar-refractivity contribution < 1.29 is 13.9 Å². The molecule has 2 aromatic heterocycles. The van der Waals surface area contributed by atoms with Gasteiger partial charge in [0.25, 0.3) is 5.91 Å². The van der Waals surface area contributed by atoms with Crippen molar-refractivity contribution in [3.63, 3.8) is 0 Å². The number of benzene rings is 2. The summed E-state index contributed by atoms with van der Waals surface area (Å²) in [5.41, 5.74) is 1.36. The Balaban J connectivity index is 1.59. The first-order valence-electron chi connectivity index (χ1n) is 10.7. The first-order chi connectivity index (χ1) is 15.7. The van der Waals surface area contributed by atoms with Crippen LogP contribution in [0.4, 0.5) is 5.13 Å². The number of para-hydroxylation sites is 1. The van der Waals surface area contributed by atoms with Gasteiger partial charge in [0.15, 0.2) is 10.6 Å². The molecule has 4 aromatic rings. The lowest BCUT2D eigenvalue weighted by atomic mass is 9.98. The number of fused-ring (bicyclic) bond motifs is 2. The van der Waals surface area contributed by atoms with Crippen molar-refractivity contribution in [1.82, 2.24) is 4.98 Å². The van der Waals surface area contributed by atoms with Gasteiger partial charge in [-0.2, -0.15) is 0 Å². The number of nitrogens with zero attached hydrogens (tertiary/aromatic N) is 2. The van der Waals surface area contributed by atoms with E-state index in [0.29, 0.717) is 28.3 Å². The number of unbranched alkanes of at least 4 members (excludes halogenated alkanes) is 2. The van der Waals surface area contributed by atoms with Gasteiger partial charge in [-0.05, 0) is 36.2 Å². The fourth-order valence-electron chi connectivity index (χ4n) is 4.06. The number of aromatic nitrogens is 1. The molecular formula is C25H22N2O4S. The molecule has 2 aromatic carbocycles. The highest BCUT2D eigenvalue weighted by atomic mass is 32.1. The Hall–Kier alpha value is -3.45. The van der Waals surface area contributed by atoms with Gasteiger partial charge in [-0.1, -0.05) is 44.0 Å². The van der Waals surface area contributed by atoms with E-state index >= 15 is 0 Å². The molecular weight excluding hydrogens is 424 g/mol. The Morgan fingerprint density at radius 2 is 1.91 bits per heavy atom. The minimum absolute atomic E-state index is 0.0776. The number of carbonyl (C=O) groups excluding carboxylic acids is 1. The van der Waals surface area contributed by atoms with Crippen LogP contribution in [0.1, 0.15) is 53.9 Å². The molecule has 6 nitrogen and oxygen atoms in total. The van der Waals surface area contributed by atoms with Gasteiger partial charge in [0.05, 0.1) is 23.6 Å². The van der Waals surface area contributed by atoms with Gasteiger partial charge >= 0.3 is 0 Å². The van der Waals surface area contributed by atoms with Crippen molar-refractivity contribution in [2.45, 2.75) is 32.2 Å². The van der Waals surface area contributed by atoms with Crippen molar-refractivity contribution in [2.75, 3.05) is 11.5 Å². The topological polar surface area (TPSA) is 72.6 Å². The number of hydrogen-bond acceptors (Lipinski definition) is 6. The molecule has 5 rings (SSSR count). The Kier molecular flexibility index (Phi) is 5.49. The molecule has 1 amide bonds. The van der Waals surface area contributed by atoms with Crippen LogP contribution in [0.5, 0.6) is 5.75 Å². The van der Waals surface area contributed by atoms with E-state index in [0.717, 1.165) is 30.6 Å². The minimum Gasteiger partial charge on any atom is -0.494 e. The first kappa shape index (κ1) is 20.5. The highest BCUT2D eigenvalue weighted by Crippen LogP contribution is 2.42. The van der Waals surface area contributed by atoms with E-state index in [1.165, 1.54) is 11.3 Å². The molecule has 0 bridgehead atoms. The third-order valence-electron chi connectivity index (χ3n) is 5.62. The van der Waals surface area contributed by atoms with E-state index in [1.807, 2.05) is 29.6 Å². The van der Waals surface area contributed by atoms with Crippen LogP contribution in [0, 0.1) is 0 Å². The van der Waals surface area contributed by atoms with Gasteiger partial charge in [0.1, 0.15) is 11.3 Å². The largest absolute Gasteiger partial charge is 0.494 e. The van der Waals surface area contributed by atoms with Crippen LogP contribution in [-0.2, 0) is 0 Å². The second-order valence-electron chi connectivity index (χ2n) is 7.69. The summed E-state index contributed by atoms with van der Waals surface area (Å²) in [5.74, 6) is 0.484. The Morgan fingerprint density at radius 3 is 2.66 bits per heavy atom. The molecule has 0 saturated carbocycles. The molecule has 1 atom stereocenters. The average Bonchev–Trinajstić information content (AvgIpc) is 3.44. The van der Waals surface area contributed by atoms with Crippen LogP contribution in [0.25, 0.3) is 11.0 Å². The second-order valence-corrected chi connectivity index (χ2v) is 8.56. The predicted octanol–water partition coefficient (Wildman–Crippen LogP) is 5.57. The van der Waals surface area contributed by atoms with Crippen molar-refractivity contribution in [1.29, 1.82) is 0 Å². The van der Waals surface area contributed by atoms with Gasteiger partial charge in [-0.25, -0.2) is 4.98 Å². The molecule has 0 unspecified atom stereocenters. The number of anilines is 1. The van der Waals surface area contributed by atoms with Gasteiger partial charge in [0.2, 0.25) is 5.76 Å². The molecule has 0 saturated heterocycles. The van der Waals surface area contributed by atoms with Crippen LogP contribution in [0.3, 0.4) is 0 Å². The lowest BCUT2D eigenvalue weighted by Crippen LogP contribution is -2.29. The SMILES string of the molecule is CCCCCOc1ccc([C@@H]2c3c(oc4ccccc4c3=O)C(=O)N2c2nccs2)cc1. The third kappa shape index (κ3) is 3.48. The molecule has 0 fully saturated rings. The maximum absolute atomic E-state index is 13.5. The van der Waals surface area contributed by atoms with E-state index in [4.69, 9.17) is 9.15 Å².